The Balaban J connectivity index is 2.00. The first-order chi connectivity index (χ1) is 10.5. The summed E-state index contributed by atoms with van der Waals surface area (Å²) in [5.74, 6) is 1.25. The van der Waals surface area contributed by atoms with Gasteiger partial charge in [-0.25, -0.2) is 0 Å². The second kappa shape index (κ2) is 5.67. The molecule has 0 fully saturated rings. The van der Waals surface area contributed by atoms with Gasteiger partial charge in [-0.3, -0.25) is 0 Å². The van der Waals surface area contributed by atoms with Crippen molar-refractivity contribution in [2.24, 2.45) is 21.7 Å². The van der Waals surface area contributed by atoms with Crippen molar-refractivity contribution in [3.8, 4) is 0 Å². The first-order valence-electron chi connectivity index (χ1n) is 7.34. The Kier molecular flexibility index (Phi) is 3.71. The van der Waals surface area contributed by atoms with Crippen LogP contribution in [0, 0.1) is 13.8 Å². The van der Waals surface area contributed by atoms with Crippen molar-refractivity contribution in [1.29, 1.82) is 0 Å². The number of furan rings is 1. The zero-order valence-electron chi connectivity index (χ0n) is 12.8. The smallest absolute Gasteiger partial charge is 0.211 e. The van der Waals surface area contributed by atoms with E-state index in [1.54, 1.807) is 6.26 Å². The average Bonchev–Trinajstić information content (AvgIpc) is 2.87. The fourth-order valence-corrected chi connectivity index (χ4v) is 2.95. The van der Waals surface area contributed by atoms with Gasteiger partial charge >= 0.3 is 0 Å². The minimum Gasteiger partial charge on any atom is -0.468 e. The molecule has 4 N–H and O–H groups in total. The highest BCUT2D eigenvalue weighted by Crippen LogP contribution is 2.35. The highest BCUT2D eigenvalue weighted by atomic mass is 16.3. The first kappa shape index (κ1) is 14.4. The summed E-state index contributed by atoms with van der Waals surface area (Å²) >= 11 is 0. The van der Waals surface area contributed by atoms with E-state index in [0.29, 0.717) is 5.92 Å². The van der Waals surface area contributed by atoms with Crippen molar-refractivity contribution in [1.82, 2.24) is 0 Å². The normalized spacial score (nSPS) is 19.0. The van der Waals surface area contributed by atoms with Gasteiger partial charge in [0.05, 0.1) is 12.0 Å². The molecule has 0 saturated carbocycles. The van der Waals surface area contributed by atoms with Crippen molar-refractivity contribution >= 4 is 11.7 Å². The highest BCUT2D eigenvalue weighted by molar-refractivity contribution is 6.04. The Morgan fingerprint density at radius 1 is 1.14 bits per heavy atom. The third-order valence-corrected chi connectivity index (χ3v) is 4.05. The van der Waals surface area contributed by atoms with E-state index < -0.39 is 0 Å². The van der Waals surface area contributed by atoms with Crippen LogP contribution in [0.15, 0.2) is 45.1 Å². The molecule has 1 aromatic carbocycles. The number of benzene rings is 1. The molecule has 1 heterocycles. The maximum atomic E-state index is 5.71. The van der Waals surface area contributed by atoms with Crippen molar-refractivity contribution in [2.45, 2.75) is 32.6 Å². The molecule has 22 heavy (non-hydrogen) atoms. The molecular weight excluding hydrogens is 276 g/mol. The Hall–Kier alpha value is -2.56. The Morgan fingerprint density at radius 3 is 2.55 bits per heavy atom. The molecule has 3 rings (SSSR count). The van der Waals surface area contributed by atoms with E-state index in [4.69, 9.17) is 15.9 Å². The van der Waals surface area contributed by atoms with Gasteiger partial charge in [0.2, 0.25) is 5.96 Å². The predicted octanol–water partition coefficient (Wildman–Crippen LogP) is 2.60. The summed E-state index contributed by atoms with van der Waals surface area (Å²) in [5, 5.41) is 8.07. The fraction of sp³-hybridized carbons (Fsp3) is 0.294. The summed E-state index contributed by atoms with van der Waals surface area (Å²) in [6.07, 6.45) is 3.44. The Bertz CT molecular complexity index is 737. The summed E-state index contributed by atoms with van der Waals surface area (Å²) in [6, 6.07) is 8.59. The van der Waals surface area contributed by atoms with Crippen LogP contribution in [0.2, 0.25) is 0 Å². The maximum Gasteiger partial charge on any atom is 0.211 e. The van der Waals surface area contributed by atoms with Crippen LogP contribution in [-0.4, -0.2) is 11.7 Å². The van der Waals surface area contributed by atoms with Gasteiger partial charge in [-0.1, -0.05) is 29.8 Å². The molecule has 0 spiro atoms. The summed E-state index contributed by atoms with van der Waals surface area (Å²) in [4.78, 5) is 0. The van der Waals surface area contributed by atoms with Gasteiger partial charge in [0.1, 0.15) is 5.76 Å². The van der Waals surface area contributed by atoms with E-state index in [-0.39, 0.29) is 5.96 Å². The van der Waals surface area contributed by atoms with Gasteiger partial charge in [0.15, 0.2) is 0 Å². The molecule has 1 atom stereocenters. The summed E-state index contributed by atoms with van der Waals surface area (Å²) < 4.78 is 5.71. The van der Waals surface area contributed by atoms with Crippen LogP contribution in [0.1, 0.15) is 40.4 Å². The van der Waals surface area contributed by atoms with Crippen LogP contribution in [-0.2, 0) is 6.42 Å². The van der Waals surface area contributed by atoms with Crippen LogP contribution >= 0.6 is 0 Å². The molecule has 5 nitrogen and oxygen atoms in total. The minimum absolute atomic E-state index is 0.0346. The predicted molar refractivity (Wildman–Crippen MR) is 88.0 cm³/mol. The average molecular weight is 296 g/mol. The number of nitrogens with zero attached hydrogens (tertiary/aromatic N) is 2. The van der Waals surface area contributed by atoms with E-state index in [0.717, 1.165) is 35.4 Å². The Morgan fingerprint density at radius 2 is 1.86 bits per heavy atom. The van der Waals surface area contributed by atoms with Gasteiger partial charge in [0.25, 0.3) is 0 Å². The third-order valence-electron chi connectivity index (χ3n) is 4.05. The molecule has 0 saturated heterocycles. The number of hydrogen-bond donors (Lipinski definition) is 2. The van der Waals surface area contributed by atoms with Crippen molar-refractivity contribution in [3.63, 3.8) is 0 Å². The zero-order chi connectivity index (χ0) is 15.7. The lowest BCUT2D eigenvalue weighted by molar-refractivity contribution is 0.480. The SMILES string of the molecule is Cc1ccc(C2C/C(=N\N=C(N)N)c3c(C)coc3C2)cc1. The molecule has 0 bridgehead atoms. The quantitative estimate of drug-likeness (QED) is 0.507. The number of rotatable bonds is 2. The number of guanidine groups is 1. The number of aryl methyl sites for hydroxylation is 2. The second-order valence-electron chi connectivity index (χ2n) is 5.80. The van der Waals surface area contributed by atoms with E-state index in [1.165, 1.54) is 11.1 Å². The maximum absolute atomic E-state index is 5.71. The van der Waals surface area contributed by atoms with Crippen molar-refractivity contribution in [2.75, 3.05) is 0 Å². The minimum atomic E-state index is -0.0346. The van der Waals surface area contributed by atoms with Crippen molar-refractivity contribution in [3.05, 3.63) is 58.5 Å². The number of hydrogen-bond acceptors (Lipinski definition) is 3. The summed E-state index contributed by atoms with van der Waals surface area (Å²) in [7, 11) is 0. The van der Waals surface area contributed by atoms with Gasteiger partial charge in [-0.2, -0.15) is 5.10 Å². The van der Waals surface area contributed by atoms with Crippen LogP contribution in [0.25, 0.3) is 0 Å². The molecule has 0 aliphatic heterocycles. The van der Waals surface area contributed by atoms with Crippen LogP contribution in [0.3, 0.4) is 0 Å². The van der Waals surface area contributed by atoms with Gasteiger partial charge in [-0.15, -0.1) is 5.10 Å². The van der Waals surface area contributed by atoms with Crippen LogP contribution < -0.4 is 11.5 Å². The Labute approximate surface area is 129 Å². The van der Waals surface area contributed by atoms with Crippen LogP contribution in [0.4, 0.5) is 0 Å². The molecule has 1 aromatic heterocycles. The van der Waals surface area contributed by atoms with E-state index in [9.17, 15) is 0 Å². The molecule has 1 aliphatic carbocycles. The highest BCUT2D eigenvalue weighted by Gasteiger charge is 2.29. The fourth-order valence-electron chi connectivity index (χ4n) is 2.95. The summed E-state index contributed by atoms with van der Waals surface area (Å²) in [5.41, 5.74) is 16.3. The van der Waals surface area contributed by atoms with Gasteiger partial charge in [-0.05, 0) is 37.3 Å². The molecular formula is C17H20N4O. The second-order valence-corrected chi connectivity index (χ2v) is 5.80. The van der Waals surface area contributed by atoms with Crippen molar-refractivity contribution < 1.29 is 4.42 Å². The lowest BCUT2D eigenvalue weighted by Crippen LogP contribution is -2.23. The first-order valence-corrected chi connectivity index (χ1v) is 7.34. The molecule has 0 amide bonds. The molecule has 2 aromatic rings. The lowest BCUT2D eigenvalue weighted by Gasteiger charge is -2.23. The van der Waals surface area contributed by atoms with E-state index >= 15 is 0 Å². The lowest BCUT2D eigenvalue weighted by atomic mass is 9.81. The number of fused-ring (bicyclic) bond motifs is 1. The molecule has 1 unspecified atom stereocenters. The standard InChI is InChI=1S/C17H20N4O/c1-10-3-5-12(6-4-10)13-7-14(20-21-17(18)19)16-11(2)9-22-15(16)8-13/h3-6,9,13H,7-8H2,1-2H3,(H4,18,19,21)/b20-14+. The summed E-state index contributed by atoms with van der Waals surface area (Å²) in [6.45, 7) is 4.10. The largest absolute Gasteiger partial charge is 0.468 e. The molecule has 1 aliphatic rings. The molecule has 114 valence electrons. The monoisotopic (exact) mass is 296 g/mol. The van der Waals surface area contributed by atoms with Crippen LogP contribution in [0.5, 0.6) is 0 Å². The third kappa shape index (κ3) is 2.74. The molecule has 5 heteroatoms. The topological polar surface area (TPSA) is 89.9 Å². The molecule has 0 radical (unpaired) electrons. The van der Waals surface area contributed by atoms with Gasteiger partial charge < -0.3 is 15.9 Å². The number of nitrogens with two attached hydrogens (primary N) is 2. The van der Waals surface area contributed by atoms with Gasteiger partial charge in [0, 0.05) is 12.0 Å². The van der Waals surface area contributed by atoms with E-state index in [1.807, 2.05) is 6.92 Å². The van der Waals surface area contributed by atoms with E-state index in [2.05, 4.69) is 41.4 Å². The zero-order valence-corrected chi connectivity index (χ0v) is 12.8.